The van der Waals surface area contributed by atoms with Gasteiger partial charge in [0.15, 0.2) is 6.29 Å². The first-order valence-corrected chi connectivity index (χ1v) is 26.7. The van der Waals surface area contributed by atoms with Gasteiger partial charge >= 0.3 is 5.97 Å². The molecular formula is C55H96O7. The standard InChI is InChI=1S/C55H96O7/c1-7-8-9-10-11-12-13-14-15-16-17-18-19-20-21-22-23-24-25-29-49(56)60-39-48-50(57)51(58)52(59)53(62-48)61-43-34-36-54(5)42(38-43)30-31-44-46-33-32-45(41(4)28-26-27-40(2)3)55(46,6)37-35-47(44)54/h14-15,30,40-41,43-48,50-53,57-59H,7-13,16-29,31-39H2,1-6H3/b15-14-/t41-,43+,44+,45-,46+,47+,48?,50-,51?,52?,53-,54+,55-/m1/s1. The minimum absolute atomic E-state index is 0.139. The maximum atomic E-state index is 12.7. The van der Waals surface area contributed by atoms with Crippen LogP contribution in [0.4, 0.5) is 0 Å². The van der Waals surface area contributed by atoms with Crippen molar-refractivity contribution in [2.75, 3.05) is 6.61 Å². The van der Waals surface area contributed by atoms with E-state index in [0.29, 0.717) is 17.8 Å². The number of esters is 1. The molecule has 0 aromatic rings. The van der Waals surface area contributed by atoms with Gasteiger partial charge in [0.2, 0.25) is 0 Å². The third-order valence-electron chi connectivity index (χ3n) is 17.3. The molecule has 3 N–H and O–H groups in total. The monoisotopic (exact) mass is 869 g/mol. The van der Waals surface area contributed by atoms with E-state index in [4.69, 9.17) is 14.2 Å². The summed E-state index contributed by atoms with van der Waals surface area (Å²) in [4.78, 5) is 12.7. The predicted octanol–water partition coefficient (Wildman–Crippen LogP) is 13.4. The van der Waals surface area contributed by atoms with Crippen molar-refractivity contribution in [1.82, 2.24) is 0 Å². The fourth-order valence-electron chi connectivity index (χ4n) is 13.4. The third kappa shape index (κ3) is 14.4. The second-order valence-electron chi connectivity index (χ2n) is 22.2. The molecule has 3 unspecified atom stereocenters. The van der Waals surface area contributed by atoms with Gasteiger partial charge in [-0.2, -0.15) is 0 Å². The number of unbranched alkanes of at least 4 members (excludes halogenated alkanes) is 15. The topological polar surface area (TPSA) is 105 Å². The zero-order chi connectivity index (χ0) is 44.5. The highest BCUT2D eigenvalue weighted by Crippen LogP contribution is 2.67. The Morgan fingerprint density at radius 2 is 1.40 bits per heavy atom. The molecule has 1 heterocycles. The van der Waals surface area contributed by atoms with Crippen LogP contribution in [0.5, 0.6) is 0 Å². The summed E-state index contributed by atoms with van der Waals surface area (Å²) in [6.45, 7) is 14.5. The molecule has 5 rings (SSSR count). The Labute approximate surface area is 380 Å². The van der Waals surface area contributed by atoms with Gasteiger partial charge in [0.05, 0.1) is 6.10 Å². The average molecular weight is 869 g/mol. The molecule has 4 aliphatic carbocycles. The van der Waals surface area contributed by atoms with Gasteiger partial charge in [0.1, 0.15) is 31.0 Å². The molecule has 0 amide bonds. The van der Waals surface area contributed by atoms with Crippen LogP contribution in [0.15, 0.2) is 23.8 Å². The summed E-state index contributed by atoms with van der Waals surface area (Å²) in [6, 6.07) is 0. The summed E-state index contributed by atoms with van der Waals surface area (Å²) < 4.78 is 18.1. The van der Waals surface area contributed by atoms with Crippen LogP contribution < -0.4 is 0 Å². The van der Waals surface area contributed by atoms with Crippen molar-refractivity contribution in [3.05, 3.63) is 23.8 Å². The fraction of sp³-hybridized carbons (Fsp3) is 0.909. The molecule has 1 aliphatic heterocycles. The minimum Gasteiger partial charge on any atom is -0.463 e. The van der Waals surface area contributed by atoms with E-state index in [1.165, 1.54) is 140 Å². The molecule has 0 radical (unpaired) electrons. The van der Waals surface area contributed by atoms with Crippen LogP contribution in [0.3, 0.4) is 0 Å². The van der Waals surface area contributed by atoms with E-state index in [-0.39, 0.29) is 24.1 Å². The molecular weight excluding hydrogens is 773 g/mol. The van der Waals surface area contributed by atoms with Gasteiger partial charge in [-0.3, -0.25) is 4.79 Å². The average Bonchev–Trinajstić information content (AvgIpc) is 3.61. The SMILES string of the molecule is CCCCCCCC/C=C\CCCCCCCCCCCC(=O)OCC1O[C@@H](O[C@H]2CC[C@@]3(C)C(=CC[C@H]4[C@@H]5CC[C@H]([C@H](C)CCCC(C)C)[C@@]5(C)CC[C@@H]43)C2)C(O)C(O)[C@@H]1O. The number of ether oxygens (including phenoxy) is 3. The van der Waals surface area contributed by atoms with E-state index in [1.54, 1.807) is 0 Å². The molecule has 358 valence electrons. The Hall–Kier alpha value is -1.25. The molecule has 7 nitrogen and oxygen atoms in total. The molecule has 0 spiro atoms. The van der Waals surface area contributed by atoms with Crippen molar-refractivity contribution in [3.8, 4) is 0 Å². The van der Waals surface area contributed by atoms with Crippen LogP contribution in [0.1, 0.15) is 228 Å². The van der Waals surface area contributed by atoms with Gasteiger partial charge in [-0.15, -0.1) is 0 Å². The number of aliphatic hydroxyl groups is 3. The van der Waals surface area contributed by atoms with Crippen LogP contribution in [-0.4, -0.2) is 64.7 Å². The minimum atomic E-state index is -1.44. The number of carbonyl (C=O) groups excluding carboxylic acids is 1. The lowest BCUT2D eigenvalue weighted by Crippen LogP contribution is -2.60. The van der Waals surface area contributed by atoms with Crippen LogP contribution in [0.2, 0.25) is 0 Å². The number of aliphatic hydroxyl groups excluding tert-OH is 3. The highest BCUT2D eigenvalue weighted by molar-refractivity contribution is 5.69. The molecule has 13 atom stereocenters. The van der Waals surface area contributed by atoms with E-state index >= 15 is 0 Å². The van der Waals surface area contributed by atoms with Crippen molar-refractivity contribution >= 4 is 5.97 Å². The zero-order valence-corrected chi connectivity index (χ0v) is 40.8. The number of allylic oxidation sites excluding steroid dienone is 3. The van der Waals surface area contributed by atoms with E-state index in [0.717, 1.165) is 74.5 Å². The summed E-state index contributed by atoms with van der Waals surface area (Å²) in [5.41, 5.74) is 2.14. The molecule has 3 saturated carbocycles. The number of fused-ring (bicyclic) bond motifs is 5. The molecule has 5 aliphatic rings. The van der Waals surface area contributed by atoms with Crippen molar-refractivity contribution in [3.63, 3.8) is 0 Å². The number of hydrogen-bond donors (Lipinski definition) is 3. The van der Waals surface area contributed by atoms with E-state index in [2.05, 4.69) is 59.8 Å². The lowest BCUT2D eigenvalue weighted by molar-refractivity contribution is -0.313. The highest BCUT2D eigenvalue weighted by Gasteiger charge is 2.59. The summed E-state index contributed by atoms with van der Waals surface area (Å²) >= 11 is 0. The fourth-order valence-corrected chi connectivity index (χ4v) is 13.4. The Bertz CT molecular complexity index is 1340. The zero-order valence-electron chi connectivity index (χ0n) is 40.8. The van der Waals surface area contributed by atoms with Gasteiger partial charge < -0.3 is 29.5 Å². The van der Waals surface area contributed by atoms with Gasteiger partial charge in [0, 0.05) is 6.42 Å². The first-order valence-electron chi connectivity index (χ1n) is 26.7. The Morgan fingerprint density at radius 1 is 0.758 bits per heavy atom. The molecule has 7 heteroatoms. The van der Waals surface area contributed by atoms with Crippen molar-refractivity contribution in [1.29, 1.82) is 0 Å². The molecule has 0 aromatic heterocycles. The van der Waals surface area contributed by atoms with Gasteiger partial charge in [-0.05, 0) is 130 Å². The molecule has 62 heavy (non-hydrogen) atoms. The summed E-state index contributed by atoms with van der Waals surface area (Å²) in [5, 5.41) is 32.6. The summed E-state index contributed by atoms with van der Waals surface area (Å²) in [5.74, 6) is 4.44. The smallest absolute Gasteiger partial charge is 0.305 e. The van der Waals surface area contributed by atoms with Gasteiger partial charge in [-0.1, -0.05) is 162 Å². The second-order valence-corrected chi connectivity index (χ2v) is 22.2. The van der Waals surface area contributed by atoms with Gasteiger partial charge in [0.25, 0.3) is 0 Å². The summed E-state index contributed by atoms with van der Waals surface area (Å²) in [6.07, 6.45) is 36.0. The Morgan fingerprint density at radius 3 is 2.06 bits per heavy atom. The molecule has 0 aromatic carbocycles. The van der Waals surface area contributed by atoms with Crippen molar-refractivity contribution in [2.24, 2.45) is 46.3 Å². The van der Waals surface area contributed by atoms with E-state index in [9.17, 15) is 20.1 Å². The van der Waals surface area contributed by atoms with Crippen molar-refractivity contribution < 1.29 is 34.3 Å². The third-order valence-corrected chi connectivity index (χ3v) is 17.3. The van der Waals surface area contributed by atoms with Crippen LogP contribution >= 0.6 is 0 Å². The first kappa shape index (κ1) is 51.7. The van der Waals surface area contributed by atoms with Crippen LogP contribution in [0.25, 0.3) is 0 Å². The first-order chi connectivity index (χ1) is 29.9. The normalized spacial score (nSPS) is 35.1. The van der Waals surface area contributed by atoms with E-state index in [1.807, 2.05) is 0 Å². The number of rotatable bonds is 28. The maximum Gasteiger partial charge on any atom is 0.305 e. The second kappa shape index (κ2) is 26.2. The number of hydrogen-bond acceptors (Lipinski definition) is 7. The lowest BCUT2D eigenvalue weighted by atomic mass is 9.47. The molecule has 1 saturated heterocycles. The van der Waals surface area contributed by atoms with Crippen LogP contribution in [0, 0.1) is 46.3 Å². The molecule has 4 fully saturated rings. The van der Waals surface area contributed by atoms with Crippen molar-refractivity contribution in [2.45, 2.75) is 265 Å². The highest BCUT2D eigenvalue weighted by atomic mass is 16.7. The quantitative estimate of drug-likeness (QED) is 0.0408. The largest absolute Gasteiger partial charge is 0.463 e. The van der Waals surface area contributed by atoms with E-state index < -0.39 is 30.7 Å². The van der Waals surface area contributed by atoms with Gasteiger partial charge in [-0.25, -0.2) is 0 Å². The molecule has 0 bridgehead atoms. The maximum absolute atomic E-state index is 12.7. The number of carbonyl (C=O) groups is 1. The lowest BCUT2D eigenvalue weighted by Gasteiger charge is -2.58. The summed E-state index contributed by atoms with van der Waals surface area (Å²) in [7, 11) is 0. The Balaban J connectivity index is 0.956. The Kier molecular flexibility index (Phi) is 21.8. The predicted molar refractivity (Wildman–Crippen MR) is 253 cm³/mol. The van der Waals surface area contributed by atoms with Crippen LogP contribution in [-0.2, 0) is 19.0 Å².